The fraction of sp³-hybridized carbons (Fsp3) is 1.00. The predicted molar refractivity (Wildman–Crippen MR) is 99.7 cm³/mol. The van der Waals surface area contributed by atoms with Crippen LogP contribution in [0.4, 0.5) is 0 Å². The molecule has 0 spiro atoms. The number of rotatable bonds is 0. The Morgan fingerprint density at radius 3 is 0.958 bits per heavy atom. The summed E-state index contributed by atoms with van der Waals surface area (Å²) in [5.41, 5.74) is 0.168. The zero-order valence-corrected chi connectivity index (χ0v) is 17.3. The molecule has 2 N–H and O–H groups in total. The van der Waals surface area contributed by atoms with Gasteiger partial charge in [0.05, 0.1) is 11.2 Å². The van der Waals surface area contributed by atoms with Crippen molar-refractivity contribution in [3.05, 3.63) is 0 Å². The molecule has 2 nitrogen and oxygen atoms in total. The van der Waals surface area contributed by atoms with Gasteiger partial charge in [0.2, 0.25) is 0 Å². The Balaban J connectivity index is 0.000000141. The first kappa shape index (κ1) is 18.7. The van der Waals surface area contributed by atoms with Gasteiger partial charge in [-0.25, -0.2) is 0 Å². The Bertz CT molecular complexity index is 482. The molecule has 24 heavy (non-hydrogen) atoms. The molecular formula is C22H40O2. The number of aliphatic hydroxyl groups is 2. The van der Waals surface area contributed by atoms with E-state index in [2.05, 4.69) is 41.5 Å². The van der Waals surface area contributed by atoms with Crippen LogP contribution in [0.25, 0.3) is 0 Å². The molecule has 140 valence electrons. The molecule has 3 unspecified atom stereocenters. The van der Waals surface area contributed by atoms with Gasteiger partial charge in [0.15, 0.2) is 0 Å². The van der Waals surface area contributed by atoms with E-state index >= 15 is 0 Å². The Morgan fingerprint density at radius 2 is 0.875 bits per heavy atom. The maximum atomic E-state index is 10.3. The normalized spacial score (nSPS) is 56.2. The van der Waals surface area contributed by atoms with E-state index in [0.29, 0.717) is 10.8 Å². The van der Waals surface area contributed by atoms with Crippen LogP contribution in [0.15, 0.2) is 0 Å². The summed E-state index contributed by atoms with van der Waals surface area (Å²) < 4.78 is 0. The van der Waals surface area contributed by atoms with E-state index in [9.17, 15) is 10.2 Å². The zero-order valence-electron chi connectivity index (χ0n) is 17.3. The summed E-state index contributed by atoms with van der Waals surface area (Å²) in [7, 11) is 0. The average molecular weight is 337 g/mol. The first-order valence-electron chi connectivity index (χ1n) is 10.1. The van der Waals surface area contributed by atoms with Gasteiger partial charge in [-0.1, -0.05) is 41.5 Å². The van der Waals surface area contributed by atoms with E-state index in [1.165, 1.54) is 25.7 Å². The molecule has 0 aromatic rings. The van der Waals surface area contributed by atoms with Crippen molar-refractivity contribution >= 4 is 0 Å². The van der Waals surface area contributed by atoms with Crippen molar-refractivity contribution in [1.29, 1.82) is 0 Å². The lowest BCUT2D eigenvalue weighted by Crippen LogP contribution is -2.44. The minimum Gasteiger partial charge on any atom is -0.390 e. The third-order valence-corrected chi connectivity index (χ3v) is 10.5. The van der Waals surface area contributed by atoms with Crippen molar-refractivity contribution in [3.8, 4) is 0 Å². The van der Waals surface area contributed by atoms with Crippen LogP contribution in [0.1, 0.15) is 93.9 Å². The van der Waals surface area contributed by atoms with Crippen LogP contribution in [-0.2, 0) is 0 Å². The molecular weight excluding hydrogens is 296 g/mol. The van der Waals surface area contributed by atoms with Gasteiger partial charge in [0, 0.05) is 10.8 Å². The third-order valence-electron chi connectivity index (χ3n) is 10.5. The van der Waals surface area contributed by atoms with E-state index in [0.717, 1.165) is 24.7 Å². The molecule has 0 amide bonds. The molecule has 0 aliphatic heterocycles. The summed E-state index contributed by atoms with van der Waals surface area (Å²) in [6.45, 7) is 17.9. The Kier molecular flexibility index (Phi) is 3.74. The van der Waals surface area contributed by atoms with E-state index in [1.54, 1.807) is 0 Å². The summed E-state index contributed by atoms with van der Waals surface area (Å²) in [6.07, 6.45) is 7.07. The fourth-order valence-electron chi connectivity index (χ4n) is 7.24. The molecule has 4 aliphatic rings. The second kappa shape index (κ2) is 4.80. The van der Waals surface area contributed by atoms with Gasteiger partial charge in [-0.2, -0.15) is 0 Å². The lowest BCUT2D eigenvalue weighted by atomic mass is 9.65. The summed E-state index contributed by atoms with van der Waals surface area (Å²) in [4.78, 5) is 0. The quantitative estimate of drug-likeness (QED) is 0.641. The average Bonchev–Trinajstić information content (AvgIpc) is 2.88. The van der Waals surface area contributed by atoms with Crippen LogP contribution in [0.2, 0.25) is 0 Å². The Morgan fingerprint density at radius 1 is 0.583 bits per heavy atom. The van der Waals surface area contributed by atoms with Gasteiger partial charge in [-0.05, 0) is 75.0 Å². The number of fused-ring (bicyclic) bond motifs is 4. The highest BCUT2D eigenvalue weighted by Gasteiger charge is 2.67. The molecule has 4 bridgehead atoms. The third kappa shape index (κ3) is 1.96. The molecule has 4 aliphatic carbocycles. The molecule has 0 aromatic carbocycles. The van der Waals surface area contributed by atoms with Crippen molar-refractivity contribution in [3.63, 3.8) is 0 Å². The van der Waals surface area contributed by atoms with Crippen molar-refractivity contribution in [2.24, 2.45) is 33.5 Å². The van der Waals surface area contributed by atoms with Gasteiger partial charge >= 0.3 is 0 Å². The highest BCUT2D eigenvalue weighted by Crippen LogP contribution is 2.70. The highest BCUT2D eigenvalue weighted by molar-refractivity contribution is 5.17. The summed E-state index contributed by atoms with van der Waals surface area (Å²) in [5.74, 6) is 1.50. The van der Waals surface area contributed by atoms with Gasteiger partial charge in [0.1, 0.15) is 0 Å². The first-order valence-corrected chi connectivity index (χ1v) is 10.1. The lowest BCUT2D eigenvalue weighted by Gasteiger charge is -2.43. The minimum absolute atomic E-state index is 0.157. The van der Waals surface area contributed by atoms with Crippen molar-refractivity contribution in [2.75, 3.05) is 0 Å². The number of hydrogen-bond donors (Lipinski definition) is 2. The minimum atomic E-state index is -0.417. The molecule has 2 heteroatoms. The smallest absolute Gasteiger partial charge is 0.0681 e. The summed E-state index contributed by atoms with van der Waals surface area (Å²) >= 11 is 0. The van der Waals surface area contributed by atoms with Crippen molar-refractivity contribution < 1.29 is 10.2 Å². The van der Waals surface area contributed by atoms with E-state index in [4.69, 9.17) is 0 Å². The van der Waals surface area contributed by atoms with Crippen molar-refractivity contribution in [2.45, 2.75) is 105 Å². The lowest BCUT2D eigenvalue weighted by molar-refractivity contribution is -0.0747. The molecule has 0 heterocycles. The van der Waals surface area contributed by atoms with Crippen molar-refractivity contribution in [1.82, 2.24) is 0 Å². The van der Waals surface area contributed by atoms with Gasteiger partial charge in [-0.15, -0.1) is 0 Å². The summed E-state index contributed by atoms with van der Waals surface area (Å²) in [5, 5.41) is 20.6. The Hall–Kier alpha value is -0.0800. The second-order valence-corrected chi connectivity index (χ2v) is 11.5. The predicted octanol–water partition coefficient (Wildman–Crippen LogP) is 5.17. The first-order chi connectivity index (χ1) is 10.6. The van der Waals surface area contributed by atoms with E-state index in [1.807, 2.05) is 13.8 Å². The van der Waals surface area contributed by atoms with Crippen LogP contribution in [-0.4, -0.2) is 21.4 Å². The maximum Gasteiger partial charge on any atom is 0.0681 e. The van der Waals surface area contributed by atoms with Crippen LogP contribution in [0, 0.1) is 33.5 Å². The molecule has 6 atom stereocenters. The zero-order chi connectivity index (χ0) is 18.4. The van der Waals surface area contributed by atoms with Gasteiger partial charge < -0.3 is 10.2 Å². The highest BCUT2D eigenvalue weighted by atomic mass is 16.3. The van der Waals surface area contributed by atoms with Crippen LogP contribution >= 0.6 is 0 Å². The standard InChI is InChI=1S/2C11H20O/c2*1-9(2)8-5-6-10(9,3)11(4,12)7-8/h2*8,12H,5-7H2,1-4H3/t8-,10+,11-;/m1./s1. The van der Waals surface area contributed by atoms with E-state index < -0.39 is 11.2 Å². The molecule has 0 aromatic heterocycles. The molecule has 0 radical (unpaired) electrons. The largest absolute Gasteiger partial charge is 0.390 e. The number of hydrogen-bond acceptors (Lipinski definition) is 2. The monoisotopic (exact) mass is 336 g/mol. The van der Waals surface area contributed by atoms with Crippen LogP contribution in [0.5, 0.6) is 0 Å². The fourth-order valence-corrected chi connectivity index (χ4v) is 7.24. The van der Waals surface area contributed by atoms with Gasteiger partial charge in [0.25, 0.3) is 0 Å². The molecule has 4 rings (SSSR count). The molecule has 4 fully saturated rings. The molecule has 0 saturated heterocycles. The molecule has 4 saturated carbocycles. The Labute approximate surface area is 149 Å². The van der Waals surface area contributed by atoms with Crippen LogP contribution in [0.3, 0.4) is 0 Å². The maximum absolute atomic E-state index is 10.3. The summed E-state index contributed by atoms with van der Waals surface area (Å²) in [6, 6.07) is 0. The topological polar surface area (TPSA) is 40.5 Å². The van der Waals surface area contributed by atoms with Crippen LogP contribution < -0.4 is 0 Å². The van der Waals surface area contributed by atoms with Gasteiger partial charge in [-0.3, -0.25) is 0 Å². The SMILES string of the molecule is CC1(C)[C@@H]2CC[C@]1(C)[C@](C)(O)C2.CC1(O)CC2CCC1(C)C2(C)C. The second-order valence-electron chi connectivity index (χ2n) is 11.5. The van der Waals surface area contributed by atoms with E-state index in [-0.39, 0.29) is 10.8 Å².